The number of carbonyl (C=O) groups excluding carboxylic acids is 2. The standard InChI is InChI=1S/C25H23FN4O4/c1-33-18-7-3-15(4-8-18)13-30-14-17(6-10-22(30)31)21-12-28-24(27)23(29-21)16-5-9-19(20(26)11-16)25(32)34-2/h3-5,7-9,11-12,14H,6,10,13H2,1-2H3,(H2,27,28). The maximum Gasteiger partial charge on any atom is 0.340 e. The Morgan fingerprint density at radius 2 is 1.91 bits per heavy atom. The zero-order valence-corrected chi connectivity index (χ0v) is 18.7. The Morgan fingerprint density at radius 3 is 2.59 bits per heavy atom. The van der Waals surface area contributed by atoms with Gasteiger partial charge in [0.1, 0.15) is 23.1 Å². The SMILES string of the molecule is COC(=O)c1ccc(-c2nc(C3=CN(Cc4ccc(OC)cc4)C(=O)CC3)cnc2N)cc1F. The van der Waals surface area contributed by atoms with Gasteiger partial charge in [0.2, 0.25) is 5.91 Å². The van der Waals surface area contributed by atoms with Crippen molar-refractivity contribution in [2.24, 2.45) is 0 Å². The lowest BCUT2D eigenvalue weighted by Crippen LogP contribution is -2.28. The molecular weight excluding hydrogens is 439 g/mol. The zero-order chi connectivity index (χ0) is 24.2. The van der Waals surface area contributed by atoms with Gasteiger partial charge < -0.3 is 20.1 Å². The van der Waals surface area contributed by atoms with Gasteiger partial charge in [-0.1, -0.05) is 18.2 Å². The smallest absolute Gasteiger partial charge is 0.340 e. The molecule has 1 aromatic heterocycles. The fourth-order valence-corrected chi connectivity index (χ4v) is 3.67. The van der Waals surface area contributed by atoms with Gasteiger partial charge in [0.25, 0.3) is 0 Å². The number of aromatic nitrogens is 2. The first-order valence-electron chi connectivity index (χ1n) is 10.5. The van der Waals surface area contributed by atoms with Crippen LogP contribution >= 0.6 is 0 Å². The van der Waals surface area contributed by atoms with Gasteiger partial charge in [0.05, 0.1) is 38.2 Å². The number of nitrogen functional groups attached to an aromatic ring is 1. The van der Waals surface area contributed by atoms with Crippen molar-refractivity contribution < 1.29 is 23.5 Å². The number of carbonyl (C=O) groups is 2. The number of allylic oxidation sites excluding steroid dienone is 1. The third-order valence-corrected chi connectivity index (χ3v) is 5.53. The van der Waals surface area contributed by atoms with Crippen LogP contribution < -0.4 is 10.5 Å². The molecule has 1 aliphatic rings. The molecule has 0 saturated carbocycles. The molecule has 0 bridgehead atoms. The maximum absolute atomic E-state index is 14.5. The van der Waals surface area contributed by atoms with Gasteiger partial charge in [-0.15, -0.1) is 0 Å². The van der Waals surface area contributed by atoms with E-state index in [0.29, 0.717) is 30.6 Å². The van der Waals surface area contributed by atoms with E-state index in [-0.39, 0.29) is 23.0 Å². The van der Waals surface area contributed by atoms with Gasteiger partial charge in [-0.25, -0.2) is 19.2 Å². The Labute approximate surface area is 195 Å². The summed E-state index contributed by atoms with van der Waals surface area (Å²) in [5.41, 5.74) is 8.80. The molecule has 1 amide bonds. The molecule has 4 rings (SSSR count). The van der Waals surface area contributed by atoms with Crippen LogP contribution in [-0.2, 0) is 16.1 Å². The number of nitrogens with two attached hydrogens (primary N) is 1. The van der Waals surface area contributed by atoms with Crippen molar-refractivity contribution in [2.75, 3.05) is 20.0 Å². The summed E-state index contributed by atoms with van der Waals surface area (Å²) >= 11 is 0. The highest BCUT2D eigenvalue weighted by molar-refractivity contribution is 5.90. The first kappa shape index (κ1) is 22.9. The monoisotopic (exact) mass is 462 g/mol. The number of nitrogens with zero attached hydrogens (tertiary/aromatic N) is 3. The van der Waals surface area contributed by atoms with Crippen LogP contribution in [0, 0.1) is 5.82 Å². The Hall–Kier alpha value is -4.27. The first-order chi connectivity index (χ1) is 16.4. The molecule has 2 N–H and O–H groups in total. The molecule has 3 aromatic rings. The molecule has 0 atom stereocenters. The van der Waals surface area contributed by atoms with Gasteiger partial charge >= 0.3 is 5.97 Å². The summed E-state index contributed by atoms with van der Waals surface area (Å²) < 4.78 is 24.2. The van der Waals surface area contributed by atoms with Crippen LogP contribution in [0.15, 0.2) is 54.9 Å². The molecule has 0 unspecified atom stereocenters. The molecule has 8 nitrogen and oxygen atoms in total. The average molecular weight is 462 g/mol. The highest BCUT2D eigenvalue weighted by Gasteiger charge is 2.22. The van der Waals surface area contributed by atoms with Crippen molar-refractivity contribution in [2.45, 2.75) is 19.4 Å². The number of ether oxygens (including phenoxy) is 2. The van der Waals surface area contributed by atoms with Gasteiger partial charge in [0, 0.05) is 18.2 Å². The summed E-state index contributed by atoms with van der Waals surface area (Å²) in [7, 11) is 2.78. The summed E-state index contributed by atoms with van der Waals surface area (Å²) in [5.74, 6) is -0.652. The van der Waals surface area contributed by atoms with Crippen LogP contribution in [0.25, 0.3) is 16.8 Å². The summed E-state index contributed by atoms with van der Waals surface area (Å²) in [6, 6.07) is 11.5. The fraction of sp³-hybridized carbons (Fsp3) is 0.200. The molecule has 34 heavy (non-hydrogen) atoms. The van der Waals surface area contributed by atoms with E-state index >= 15 is 0 Å². The highest BCUT2D eigenvalue weighted by Crippen LogP contribution is 2.30. The van der Waals surface area contributed by atoms with Crippen LogP contribution in [0.3, 0.4) is 0 Å². The van der Waals surface area contributed by atoms with Crippen molar-refractivity contribution in [3.8, 4) is 17.0 Å². The largest absolute Gasteiger partial charge is 0.497 e. The van der Waals surface area contributed by atoms with Gasteiger partial charge in [-0.3, -0.25) is 4.79 Å². The molecule has 0 radical (unpaired) electrons. The molecule has 174 valence electrons. The molecule has 0 spiro atoms. The summed E-state index contributed by atoms with van der Waals surface area (Å²) in [6.45, 7) is 0.405. The van der Waals surface area contributed by atoms with Crippen LogP contribution in [-0.4, -0.2) is 41.0 Å². The van der Waals surface area contributed by atoms with Crippen LogP contribution in [0.1, 0.15) is 34.5 Å². The van der Waals surface area contributed by atoms with E-state index < -0.39 is 11.8 Å². The number of hydrogen-bond acceptors (Lipinski definition) is 7. The minimum Gasteiger partial charge on any atom is -0.497 e. The average Bonchev–Trinajstić information content (AvgIpc) is 2.85. The number of anilines is 1. The first-order valence-corrected chi connectivity index (χ1v) is 10.5. The number of hydrogen-bond donors (Lipinski definition) is 1. The van der Waals surface area contributed by atoms with E-state index in [4.69, 9.17) is 10.5 Å². The number of amides is 1. The number of rotatable bonds is 6. The molecule has 2 aromatic carbocycles. The minimum atomic E-state index is -0.772. The second-order valence-corrected chi connectivity index (χ2v) is 7.70. The molecular formula is C25H23FN4O4. The van der Waals surface area contributed by atoms with Crippen LogP contribution in [0.4, 0.5) is 10.2 Å². The quantitative estimate of drug-likeness (QED) is 0.555. The van der Waals surface area contributed by atoms with Gasteiger partial charge in [0.15, 0.2) is 0 Å². The Balaban J connectivity index is 1.63. The lowest BCUT2D eigenvalue weighted by Gasteiger charge is -2.25. The van der Waals surface area contributed by atoms with Gasteiger partial charge in [-0.2, -0.15) is 0 Å². The number of esters is 1. The zero-order valence-electron chi connectivity index (χ0n) is 18.7. The predicted octanol–water partition coefficient (Wildman–Crippen LogP) is 3.82. The van der Waals surface area contributed by atoms with Crippen LogP contribution in [0.2, 0.25) is 0 Å². The van der Waals surface area contributed by atoms with E-state index in [9.17, 15) is 14.0 Å². The molecule has 0 fully saturated rings. The van der Waals surface area contributed by atoms with E-state index in [2.05, 4.69) is 14.7 Å². The van der Waals surface area contributed by atoms with E-state index in [1.807, 2.05) is 24.3 Å². The van der Waals surface area contributed by atoms with E-state index in [0.717, 1.165) is 16.9 Å². The number of methoxy groups -OCH3 is 2. The second-order valence-electron chi connectivity index (χ2n) is 7.70. The second kappa shape index (κ2) is 9.70. The number of halogens is 1. The molecule has 9 heteroatoms. The predicted molar refractivity (Wildman–Crippen MR) is 124 cm³/mol. The van der Waals surface area contributed by atoms with E-state index in [1.54, 1.807) is 18.2 Å². The normalized spacial score (nSPS) is 13.4. The minimum absolute atomic E-state index is 0.00339. The van der Waals surface area contributed by atoms with E-state index in [1.165, 1.54) is 31.5 Å². The maximum atomic E-state index is 14.5. The lowest BCUT2D eigenvalue weighted by molar-refractivity contribution is -0.129. The summed E-state index contributed by atoms with van der Waals surface area (Å²) in [4.78, 5) is 34.6. The number of benzene rings is 2. The highest BCUT2D eigenvalue weighted by atomic mass is 19.1. The molecule has 0 saturated heterocycles. The summed E-state index contributed by atoms with van der Waals surface area (Å²) in [6.07, 6.45) is 4.11. The Kier molecular flexibility index (Phi) is 6.53. The third-order valence-electron chi connectivity index (χ3n) is 5.53. The van der Waals surface area contributed by atoms with Crippen molar-refractivity contribution >= 4 is 23.3 Å². The Bertz CT molecular complexity index is 1270. The van der Waals surface area contributed by atoms with Crippen molar-refractivity contribution in [1.29, 1.82) is 0 Å². The van der Waals surface area contributed by atoms with Crippen molar-refractivity contribution in [3.63, 3.8) is 0 Å². The van der Waals surface area contributed by atoms with Crippen LogP contribution in [0.5, 0.6) is 5.75 Å². The third kappa shape index (κ3) is 4.73. The lowest BCUT2D eigenvalue weighted by atomic mass is 10.0. The molecule has 2 heterocycles. The van der Waals surface area contributed by atoms with Crippen molar-refractivity contribution in [1.82, 2.24) is 14.9 Å². The fourth-order valence-electron chi connectivity index (χ4n) is 3.67. The molecule has 1 aliphatic heterocycles. The van der Waals surface area contributed by atoms with Crippen molar-refractivity contribution in [3.05, 3.63) is 77.5 Å². The topological polar surface area (TPSA) is 108 Å². The Morgan fingerprint density at radius 1 is 1.15 bits per heavy atom. The summed E-state index contributed by atoms with van der Waals surface area (Å²) in [5, 5.41) is 0. The van der Waals surface area contributed by atoms with Gasteiger partial charge in [-0.05, 0) is 41.8 Å². The molecule has 0 aliphatic carbocycles.